The number of hydrogen-bond donors (Lipinski definition) is 1. The quantitative estimate of drug-likeness (QED) is 0.850. The molecule has 0 aliphatic rings. The van der Waals surface area contributed by atoms with Crippen LogP contribution in [0.25, 0.3) is 0 Å². The van der Waals surface area contributed by atoms with Crippen LogP contribution in [0.2, 0.25) is 0 Å². The molecule has 0 aliphatic heterocycles. The van der Waals surface area contributed by atoms with E-state index in [4.69, 9.17) is 19.9 Å². The zero-order valence-corrected chi connectivity index (χ0v) is 12.0. The molecule has 0 spiro atoms. The molecule has 106 valence electrons. The molecule has 0 amide bonds. The maximum atomic E-state index is 5.84. The molecule has 20 heavy (non-hydrogen) atoms. The van der Waals surface area contributed by atoms with Crippen molar-refractivity contribution < 1.29 is 14.2 Å². The minimum atomic E-state index is 0.404. The molecule has 4 nitrogen and oxygen atoms in total. The minimum absolute atomic E-state index is 0.404. The van der Waals surface area contributed by atoms with E-state index in [1.807, 2.05) is 43.3 Å². The summed E-state index contributed by atoms with van der Waals surface area (Å²) < 4.78 is 16.5. The fourth-order valence-corrected chi connectivity index (χ4v) is 1.99. The molecule has 0 saturated heterocycles. The first-order valence-electron chi connectivity index (χ1n) is 6.34. The van der Waals surface area contributed by atoms with Gasteiger partial charge in [0, 0.05) is 5.69 Å². The number of nitrogen functional groups attached to an aromatic ring is 1. The number of ether oxygens (including phenoxy) is 3. The third-order valence-electron chi connectivity index (χ3n) is 2.94. The molecule has 2 rings (SSSR count). The van der Waals surface area contributed by atoms with Gasteiger partial charge in [-0.2, -0.15) is 0 Å². The molecular formula is C16H19NO3. The number of aryl methyl sites for hydroxylation is 1. The zero-order chi connectivity index (χ0) is 14.5. The van der Waals surface area contributed by atoms with Crippen LogP contribution in [-0.4, -0.2) is 14.2 Å². The highest BCUT2D eigenvalue weighted by molar-refractivity contribution is 5.53. The first kappa shape index (κ1) is 14.1. The van der Waals surface area contributed by atoms with E-state index < -0.39 is 0 Å². The van der Waals surface area contributed by atoms with Gasteiger partial charge in [0.2, 0.25) is 5.75 Å². The van der Waals surface area contributed by atoms with Crippen molar-refractivity contribution in [3.05, 3.63) is 47.5 Å². The van der Waals surface area contributed by atoms with Gasteiger partial charge < -0.3 is 19.9 Å². The Bertz CT molecular complexity index is 571. The Labute approximate surface area is 119 Å². The van der Waals surface area contributed by atoms with E-state index in [9.17, 15) is 0 Å². The van der Waals surface area contributed by atoms with Crippen molar-refractivity contribution in [3.8, 4) is 17.2 Å². The van der Waals surface area contributed by atoms with Crippen LogP contribution in [-0.2, 0) is 6.61 Å². The third-order valence-corrected chi connectivity index (χ3v) is 2.94. The number of benzene rings is 2. The summed E-state index contributed by atoms with van der Waals surface area (Å²) in [6.07, 6.45) is 0. The second-order valence-electron chi connectivity index (χ2n) is 4.53. The van der Waals surface area contributed by atoms with Gasteiger partial charge in [0.1, 0.15) is 6.61 Å². The topological polar surface area (TPSA) is 53.7 Å². The summed E-state index contributed by atoms with van der Waals surface area (Å²) in [6, 6.07) is 11.4. The molecular weight excluding hydrogens is 254 g/mol. The van der Waals surface area contributed by atoms with E-state index in [1.165, 1.54) is 0 Å². The first-order valence-corrected chi connectivity index (χ1v) is 6.34. The average molecular weight is 273 g/mol. The lowest BCUT2D eigenvalue weighted by Crippen LogP contribution is -2.01. The zero-order valence-electron chi connectivity index (χ0n) is 12.0. The van der Waals surface area contributed by atoms with E-state index in [-0.39, 0.29) is 0 Å². The highest BCUT2D eigenvalue weighted by Gasteiger charge is 2.13. The van der Waals surface area contributed by atoms with Crippen LogP contribution >= 0.6 is 0 Å². The number of nitrogens with two attached hydrogens (primary N) is 1. The highest BCUT2D eigenvalue weighted by Crippen LogP contribution is 2.38. The summed E-state index contributed by atoms with van der Waals surface area (Å²) >= 11 is 0. The van der Waals surface area contributed by atoms with Gasteiger partial charge in [-0.1, -0.05) is 12.1 Å². The van der Waals surface area contributed by atoms with E-state index >= 15 is 0 Å². The summed E-state index contributed by atoms with van der Waals surface area (Å²) in [7, 11) is 3.23. The number of anilines is 1. The first-order chi connectivity index (χ1) is 9.63. The maximum absolute atomic E-state index is 5.84. The van der Waals surface area contributed by atoms with Gasteiger partial charge in [-0.15, -0.1) is 0 Å². The van der Waals surface area contributed by atoms with Gasteiger partial charge in [-0.3, -0.25) is 0 Å². The predicted molar refractivity (Wildman–Crippen MR) is 79.5 cm³/mol. The predicted octanol–water partition coefficient (Wildman–Crippen LogP) is 3.17. The Balaban J connectivity index is 2.24. The summed E-state index contributed by atoms with van der Waals surface area (Å²) in [5.74, 6) is 1.92. The molecule has 0 unspecified atom stereocenters. The largest absolute Gasteiger partial charge is 0.493 e. The molecule has 0 aliphatic carbocycles. The number of methoxy groups -OCH3 is 2. The SMILES string of the molecule is COc1cc(C)cc(OC)c1OCc1cccc(N)c1. The lowest BCUT2D eigenvalue weighted by Gasteiger charge is -2.15. The average Bonchev–Trinajstić information content (AvgIpc) is 2.45. The summed E-state index contributed by atoms with van der Waals surface area (Å²) in [6.45, 7) is 2.38. The summed E-state index contributed by atoms with van der Waals surface area (Å²) in [4.78, 5) is 0. The Kier molecular flexibility index (Phi) is 4.35. The molecule has 0 bridgehead atoms. The van der Waals surface area contributed by atoms with Crippen molar-refractivity contribution in [1.29, 1.82) is 0 Å². The fourth-order valence-electron chi connectivity index (χ4n) is 1.99. The normalized spacial score (nSPS) is 10.2. The second kappa shape index (κ2) is 6.19. The number of rotatable bonds is 5. The van der Waals surface area contributed by atoms with Crippen molar-refractivity contribution in [1.82, 2.24) is 0 Å². The van der Waals surface area contributed by atoms with E-state index in [0.717, 1.165) is 11.1 Å². The summed E-state index contributed by atoms with van der Waals surface area (Å²) in [5.41, 5.74) is 8.52. The molecule has 0 fully saturated rings. The van der Waals surface area contributed by atoms with Crippen LogP contribution in [0, 0.1) is 6.92 Å². The molecule has 0 aromatic heterocycles. The van der Waals surface area contributed by atoms with Crippen LogP contribution in [0.4, 0.5) is 5.69 Å². The van der Waals surface area contributed by atoms with Crippen molar-refractivity contribution >= 4 is 5.69 Å². The second-order valence-corrected chi connectivity index (χ2v) is 4.53. The van der Waals surface area contributed by atoms with E-state index in [2.05, 4.69) is 0 Å². The van der Waals surface area contributed by atoms with Gasteiger partial charge in [0.05, 0.1) is 14.2 Å². The molecule has 2 aromatic carbocycles. The van der Waals surface area contributed by atoms with Crippen LogP contribution in [0.3, 0.4) is 0 Å². The van der Waals surface area contributed by atoms with E-state index in [0.29, 0.717) is 29.5 Å². The van der Waals surface area contributed by atoms with Gasteiger partial charge in [0.15, 0.2) is 11.5 Å². The summed E-state index contributed by atoms with van der Waals surface area (Å²) in [5, 5.41) is 0. The molecule has 4 heteroatoms. The molecule has 2 aromatic rings. The fraction of sp³-hybridized carbons (Fsp3) is 0.250. The highest BCUT2D eigenvalue weighted by atomic mass is 16.5. The van der Waals surface area contributed by atoms with Crippen molar-refractivity contribution in [2.45, 2.75) is 13.5 Å². The Morgan fingerprint density at radius 3 is 2.20 bits per heavy atom. The standard InChI is InChI=1S/C16H19NO3/c1-11-7-14(18-2)16(15(8-11)19-3)20-10-12-5-4-6-13(17)9-12/h4-9H,10,17H2,1-3H3. The van der Waals surface area contributed by atoms with Gasteiger partial charge in [0.25, 0.3) is 0 Å². The van der Waals surface area contributed by atoms with Gasteiger partial charge in [-0.25, -0.2) is 0 Å². The molecule has 2 N–H and O–H groups in total. The Morgan fingerprint density at radius 1 is 1.00 bits per heavy atom. The Hall–Kier alpha value is -2.36. The van der Waals surface area contributed by atoms with Gasteiger partial charge >= 0.3 is 0 Å². The third kappa shape index (κ3) is 3.15. The monoisotopic (exact) mass is 273 g/mol. The van der Waals surface area contributed by atoms with Gasteiger partial charge in [-0.05, 0) is 42.3 Å². The van der Waals surface area contributed by atoms with Crippen LogP contribution in [0.1, 0.15) is 11.1 Å². The molecule has 0 saturated carbocycles. The lowest BCUT2D eigenvalue weighted by atomic mass is 10.2. The minimum Gasteiger partial charge on any atom is -0.493 e. The lowest BCUT2D eigenvalue weighted by molar-refractivity contribution is 0.265. The van der Waals surface area contributed by atoms with Crippen molar-refractivity contribution in [2.75, 3.05) is 20.0 Å². The van der Waals surface area contributed by atoms with Crippen molar-refractivity contribution in [3.63, 3.8) is 0 Å². The van der Waals surface area contributed by atoms with Crippen LogP contribution in [0.5, 0.6) is 17.2 Å². The molecule has 0 heterocycles. The molecule has 0 radical (unpaired) electrons. The molecule has 0 atom stereocenters. The van der Waals surface area contributed by atoms with Crippen molar-refractivity contribution in [2.24, 2.45) is 0 Å². The smallest absolute Gasteiger partial charge is 0.203 e. The Morgan fingerprint density at radius 2 is 1.65 bits per heavy atom. The van der Waals surface area contributed by atoms with Crippen LogP contribution < -0.4 is 19.9 Å². The van der Waals surface area contributed by atoms with Crippen LogP contribution in [0.15, 0.2) is 36.4 Å². The van der Waals surface area contributed by atoms with E-state index in [1.54, 1.807) is 14.2 Å². The number of hydrogen-bond acceptors (Lipinski definition) is 4. The maximum Gasteiger partial charge on any atom is 0.203 e.